The molecular weight excluding hydrogens is 1700 g/mol. The van der Waals surface area contributed by atoms with Crippen LogP contribution in [0.25, 0.3) is 48.8 Å². The zero-order chi connectivity index (χ0) is 82.4. The van der Waals surface area contributed by atoms with Crippen molar-refractivity contribution >= 4 is 184 Å². The summed E-state index contributed by atoms with van der Waals surface area (Å²) in [6.45, 7) is 22.6. The number of primary amides is 4. The van der Waals surface area contributed by atoms with Gasteiger partial charge >= 0.3 is 23.9 Å². The first-order valence-electron chi connectivity index (χ1n) is 33.5. The Morgan fingerprint density at radius 3 is 1.20 bits per heavy atom. The zero-order valence-corrected chi connectivity index (χ0v) is 68.2. The van der Waals surface area contributed by atoms with Crippen molar-refractivity contribution in [2.45, 2.75) is 112 Å². The van der Waals surface area contributed by atoms with Crippen LogP contribution in [-0.4, -0.2) is 134 Å². The zero-order valence-electron chi connectivity index (χ0n) is 61.9. The number of nitrogens with zero attached hydrogens (tertiary/aromatic N) is 13. The van der Waals surface area contributed by atoms with E-state index in [0.717, 1.165) is 48.6 Å². The van der Waals surface area contributed by atoms with E-state index >= 15 is 0 Å². The van der Waals surface area contributed by atoms with Crippen LogP contribution in [0, 0.1) is 6.57 Å². The normalized spacial score (nSPS) is 11.6. The molecule has 582 valence electrons. The molecule has 36 heteroatoms. The number of anilines is 5. The Hall–Kier alpha value is -12.2. The molecule has 13 rings (SSSR count). The number of alkyl halides is 1. The number of esters is 3. The molecule has 0 spiro atoms. The third-order valence-corrected chi connectivity index (χ3v) is 16.5. The lowest BCUT2D eigenvalue weighted by Crippen LogP contribution is -2.27. The molecule has 4 amide bonds. The molecule has 0 radical (unpaired) electrons. The smallest absolute Gasteiger partial charge is 0.328 e. The summed E-state index contributed by atoms with van der Waals surface area (Å²) in [4.78, 5) is 118. The first-order chi connectivity index (χ1) is 52.8. The van der Waals surface area contributed by atoms with Crippen LogP contribution in [0.3, 0.4) is 0 Å². The van der Waals surface area contributed by atoms with Gasteiger partial charge in [0, 0.05) is 46.5 Å². The van der Waals surface area contributed by atoms with Gasteiger partial charge in [-0.3, -0.25) is 52.4 Å². The summed E-state index contributed by atoms with van der Waals surface area (Å²) in [5.74, 6) is -4.55. The van der Waals surface area contributed by atoms with Crippen molar-refractivity contribution in [2.75, 3.05) is 21.7 Å². The van der Waals surface area contributed by atoms with Crippen molar-refractivity contribution in [3.63, 3.8) is 0 Å². The SMILES string of the molecule is CC(C)(C)OC(=O)CBr.CC(C)(C)OC(=O)Cn1nc(C(N)=O)c2cc(Br)ccc21.CC(C)(C)OC(=O)Cn1nc(C(N)=O)c2cc(Nc3cncnc3)ccc21.NC(=O)C1=CCc2ccc(Br)cc21.NC(=O)c1nn(CC(=O)O)c2ccc(Nc3cncnc3)cc12.Nc1cncnc1.[C-]#[N+]C1=CCc2ccc(Br)cc21. The largest absolute Gasteiger partial charge is 0.480 e. The van der Waals surface area contributed by atoms with E-state index in [2.05, 4.69) is 130 Å². The van der Waals surface area contributed by atoms with E-state index in [-0.39, 0.29) is 59.5 Å². The summed E-state index contributed by atoms with van der Waals surface area (Å²) in [5, 5.41) is 29.3. The van der Waals surface area contributed by atoms with Gasteiger partial charge in [-0.1, -0.05) is 94.1 Å². The summed E-state index contributed by atoms with van der Waals surface area (Å²) < 4.78 is 22.4. The Balaban J connectivity index is 0.000000189. The lowest BCUT2D eigenvalue weighted by Gasteiger charge is -2.19. The van der Waals surface area contributed by atoms with Gasteiger partial charge in [0.1, 0.15) is 60.7 Å². The summed E-state index contributed by atoms with van der Waals surface area (Å²) in [6.07, 6.45) is 19.4. The predicted molar refractivity (Wildman–Crippen MR) is 436 cm³/mol. The Bertz CT molecular complexity index is 5380. The molecule has 0 unspecified atom stereocenters. The highest BCUT2D eigenvalue weighted by Gasteiger charge is 2.25. The summed E-state index contributed by atoms with van der Waals surface area (Å²) in [5.41, 5.74) is 36.3. The first-order valence-corrected chi connectivity index (χ1v) is 37.0. The second-order valence-electron chi connectivity index (χ2n) is 26.9. The minimum atomic E-state index is -1.06. The standard InChI is InChI=1S/C18H20N6O3.C14H16BrN3O3.C14H12N6O3.C10H8BrNO.C10H6BrN.C6H11BrO2.C4H5N3/c1-18(2,3)27-15(25)9-24-14-5-4-11(22-12-7-20-10-21-8-12)6-13(14)16(23-24)17(19)26;1-14(2,3)21-11(19)7-18-10-5-4-8(15)6-9(10)12(17-18)13(16)20;15-14(23)13-10-3-8(18-9-4-16-7-17-5-9)1-2-11(10)20(19-13)6-12(21)22;11-7-3-1-6-2-4-8(10(12)13)9(6)5-7;1-12-10-5-3-7-2-4-8(11)6-9(7)10;1-6(2,3)9-5(8)4-7;5-4-1-6-3-7-2-4/h4-8,10,22H,9H2,1-3H3,(H2,19,26);4-6H,7H2,1-3H3,(H2,16,20);1-5,7,18H,6H2,(H2,15,23)(H,21,22);1,3-5H,2H2,(H2,12,13);2,4-6H,3H2;4H2,1-3H3;1-3H,5H2. The maximum Gasteiger partial charge on any atom is 0.328 e. The third-order valence-electron chi connectivity index (χ3n) is 14.5. The Labute approximate surface area is 675 Å². The molecule has 112 heavy (non-hydrogen) atoms. The molecule has 0 bridgehead atoms. The average Bonchev–Trinajstić information content (AvgIpc) is 1.64. The summed E-state index contributed by atoms with van der Waals surface area (Å²) in [7, 11) is 0. The number of nitrogens with two attached hydrogens (primary N) is 5. The highest BCUT2D eigenvalue weighted by Crippen LogP contribution is 2.33. The molecule has 13 N–H and O–H groups in total. The number of carbonyl (C=O) groups is 8. The van der Waals surface area contributed by atoms with E-state index in [1.165, 1.54) is 38.6 Å². The number of carboxylic acid groups (broad SMARTS) is 1. The molecule has 11 aromatic rings. The van der Waals surface area contributed by atoms with Gasteiger partial charge in [-0.05, 0) is 170 Å². The summed E-state index contributed by atoms with van der Waals surface area (Å²) >= 11 is 13.1. The molecule has 6 heterocycles. The molecule has 6 aromatic heterocycles. The monoisotopic (exact) mass is 1780 g/mol. The number of allylic oxidation sites excluding steroid dienone is 2. The van der Waals surface area contributed by atoms with Gasteiger partial charge in [0.25, 0.3) is 17.7 Å². The van der Waals surface area contributed by atoms with Gasteiger partial charge in [0.15, 0.2) is 22.8 Å². The number of aromatic nitrogens is 12. The fourth-order valence-corrected chi connectivity index (χ4v) is 11.6. The van der Waals surface area contributed by atoms with E-state index in [1.807, 2.05) is 63.3 Å². The second kappa shape index (κ2) is 39.4. The molecular formula is C76H78Br4N20O12. The lowest BCUT2D eigenvalue weighted by atomic mass is 10.1. The van der Waals surface area contributed by atoms with Crippen molar-refractivity contribution < 1.29 is 57.7 Å². The van der Waals surface area contributed by atoms with Gasteiger partial charge in [-0.25, -0.2) is 34.7 Å². The number of nitrogens with one attached hydrogen (secondary N) is 2. The van der Waals surface area contributed by atoms with Gasteiger partial charge in [-0.2, -0.15) is 15.3 Å². The number of ether oxygens (including phenoxy) is 3. The molecule has 0 fully saturated rings. The maximum atomic E-state index is 12.1. The lowest BCUT2D eigenvalue weighted by molar-refractivity contribution is -0.156. The number of hydrogen-bond donors (Lipinski definition) is 8. The van der Waals surface area contributed by atoms with Crippen molar-refractivity contribution in [2.24, 2.45) is 22.9 Å². The number of benzene rings is 5. The number of fused-ring (bicyclic) bond motifs is 5. The Morgan fingerprint density at radius 2 is 0.830 bits per heavy atom. The van der Waals surface area contributed by atoms with E-state index in [1.54, 1.807) is 133 Å². The van der Waals surface area contributed by atoms with E-state index in [4.69, 9.17) is 54.6 Å². The van der Waals surface area contributed by atoms with Gasteiger partial charge in [-0.15, -0.1) is 0 Å². The van der Waals surface area contributed by atoms with Crippen molar-refractivity contribution in [3.8, 4) is 0 Å². The van der Waals surface area contributed by atoms with Crippen LogP contribution in [0.4, 0.5) is 28.4 Å². The number of amides is 4. The van der Waals surface area contributed by atoms with E-state index in [0.29, 0.717) is 66.7 Å². The van der Waals surface area contributed by atoms with Crippen LogP contribution in [0.15, 0.2) is 173 Å². The Morgan fingerprint density at radius 1 is 0.473 bits per heavy atom. The van der Waals surface area contributed by atoms with E-state index in [9.17, 15) is 38.4 Å². The van der Waals surface area contributed by atoms with Crippen LogP contribution in [0.2, 0.25) is 0 Å². The van der Waals surface area contributed by atoms with Crippen molar-refractivity contribution in [1.82, 2.24) is 59.2 Å². The number of carbonyl (C=O) groups excluding carboxylic acids is 7. The number of rotatable bonds is 15. The molecule has 32 nitrogen and oxygen atoms in total. The molecule has 5 aromatic carbocycles. The minimum Gasteiger partial charge on any atom is -0.480 e. The third kappa shape index (κ3) is 26.5. The highest BCUT2D eigenvalue weighted by molar-refractivity contribution is 9.11. The molecule has 0 aliphatic heterocycles. The fraction of sp³-hybridized carbons (Fsp3) is 0.237. The van der Waals surface area contributed by atoms with Crippen LogP contribution in [0.1, 0.15) is 116 Å². The van der Waals surface area contributed by atoms with Gasteiger partial charge in [0.05, 0.1) is 77.4 Å². The van der Waals surface area contributed by atoms with Crippen LogP contribution >= 0.6 is 63.7 Å². The Kier molecular flexibility index (Phi) is 30.6. The first kappa shape index (κ1) is 87.0. The molecule has 0 saturated heterocycles. The summed E-state index contributed by atoms with van der Waals surface area (Å²) in [6, 6.07) is 27.7. The topological polar surface area (TPSA) is 474 Å². The van der Waals surface area contributed by atoms with Gasteiger partial charge in [0.2, 0.25) is 5.91 Å². The van der Waals surface area contributed by atoms with Crippen LogP contribution in [-0.2, 0) is 70.7 Å². The minimum absolute atomic E-state index is 0.0224. The number of hydrogen-bond acceptors (Lipinski definition) is 23. The van der Waals surface area contributed by atoms with Crippen LogP contribution < -0.4 is 39.3 Å². The van der Waals surface area contributed by atoms with Gasteiger partial charge < -0.3 is 58.6 Å². The molecule has 2 aliphatic carbocycles. The predicted octanol–water partition coefficient (Wildman–Crippen LogP) is 11.9. The van der Waals surface area contributed by atoms with Crippen molar-refractivity contribution in [1.29, 1.82) is 0 Å². The number of aliphatic carboxylic acids is 1. The second-order valence-corrected chi connectivity index (χ2v) is 30.2. The highest BCUT2D eigenvalue weighted by atomic mass is 79.9. The molecule has 0 saturated carbocycles. The maximum absolute atomic E-state index is 12.1. The average molecular weight is 1780 g/mol. The van der Waals surface area contributed by atoms with E-state index < -0.39 is 46.8 Å². The van der Waals surface area contributed by atoms with Crippen LogP contribution in [0.5, 0.6) is 0 Å². The number of halogens is 4. The fourth-order valence-electron chi connectivity index (χ4n) is 10.4. The number of nitrogen functional groups attached to an aromatic ring is 1. The number of carboxylic acids is 1. The quantitative estimate of drug-likeness (QED) is 0.0204. The van der Waals surface area contributed by atoms with Crippen molar-refractivity contribution in [3.05, 3.63) is 223 Å². The molecule has 0 atom stereocenters. The molecule has 2 aliphatic rings.